The Morgan fingerprint density at radius 3 is 2.80 bits per heavy atom. The molecule has 0 unspecified atom stereocenters. The molecule has 20 heavy (non-hydrogen) atoms. The maximum absolute atomic E-state index is 13.9. The molecule has 3 aromatic rings. The topological polar surface area (TPSA) is 66.0 Å². The summed E-state index contributed by atoms with van der Waals surface area (Å²) >= 11 is 5.94. The Bertz CT molecular complexity index is 856. The van der Waals surface area contributed by atoms with Gasteiger partial charge in [-0.3, -0.25) is 9.78 Å². The molecule has 6 heteroatoms. The average molecular weight is 291 g/mol. The lowest BCUT2D eigenvalue weighted by Crippen LogP contribution is -2.10. The summed E-state index contributed by atoms with van der Waals surface area (Å²) < 4.78 is 13.9. The van der Waals surface area contributed by atoms with Crippen molar-refractivity contribution in [2.75, 3.05) is 0 Å². The third-order valence-electron chi connectivity index (χ3n) is 3.00. The lowest BCUT2D eigenvalue weighted by molar-refractivity contribution is 0.482. The first kappa shape index (κ1) is 12.6. The highest BCUT2D eigenvalue weighted by Crippen LogP contribution is 2.36. The molecule has 0 amide bonds. The number of pyridine rings is 2. The van der Waals surface area contributed by atoms with E-state index in [9.17, 15) is 14.3 Å². The molecule has 0 bridgehead atoms. The fourth-order valence-electron chi connectivity index (χ4n) is 2.09. The maximum atomic E-state index is 13.9. The lowest BCUT2D eigenvalue weighted by atomic mass is 10.0. The normalized spacial score (nSPS) is 10.9. The quantitative estimate of drug-likeness (QED) is 0.724. The van der Waals surface area contributed by atoms with Crippen LogP contribution in [-0.2, 0) is 0 Å². The molecule has 0 aliphatic heterocycles. The highest BCUT2D eigenvalue weighted by molar-refractivity contribution is 6.33. The summed E-state index contributed by atoms with van der Waals surface area (Å²) in [4.78, 5) is 18.5. The van der Waals surface area contributed by atoms with Crippen LogP contribution >= 0.6 is 11.6 Å². The summed E-state index contributed by atoms with van der Waals surface area (Å²) in [6.07, 6.45) is 2.87. The minimum Gasteiger partial charge on any atom is -0.506 e. The first-order valence-electron chi connectivity index (χ1n) is 5.73. The van der Waals surface area contributed by atoms with E-state index in [-0.39, 0.29) is 21.9 Å². The first-order chi connectivity index (χ1) is 9.59. The lowest BCUT2D eigenvalue weighted by Gasteiger charge is -2.09. The number of rotatable bonds is 1. The van der Waals surface area contributed by atoms with Crippen LogP contribution in [0.15, 0.2) is 41.5 Å². The minimum atomic E-state index is -0.679. The summed E-state index contributed by atoms with van der Waals surface area (Å²) in [5, 5.41) is 10.6. The van der Waals surface area contributed by atoms with E-state index in [2.05, 4.69) is 9.97 Å². The van der Waals surface area contributed by atoms with Crippen LogP contribution in [0, 0.1) is 5.82 Å². The monoisotopic (exact) mass is 290 g/mol. The van der Waals surface area contributed by atoms with E-state index in [0.29, 0.717) is 10.9 Å². The van der Waals surface area contributed by atoms with E-state index >= 15 is 0 Å². The zero-order valence-electron chi connectivity index (χ0n) is 10.0. The number of nitrogens with one attached hydrogen (secondary N) is 1. The Balaban J connectivity index is 2.46. The van der Waals surface area contributed by atoms with Crippen molar-refractivity contribution in [3.8, 4) is 16.9 Å². The fourth-order valence-corrected chi connectivity index (χ4v) is 2.35. The molecule has 0 fully saturated rings. The smallest absolute Gasteiger partial charge is 0.260 e. The van der Waals surface area contributed by atoms with Crippen LogP contribution in [0.3, 0.4) is 0 Å². The van der Waals surface area contributed by atoms with Gasteiger partial charge in [-0.25, -0.2) is 4.39 Å². The van der Waals surface area contributed by atoms with Crippen LogP contribution in [-0.4, -0.2) is 15.1 Å². The van der Waals surface area contributed by atoms with E-state index in [1.165, 1.54) is 30.6 Å². The van der Waals surface area contributed by atoms with Crippen molar-refractivity contribution in [3.05, 3.63) is 57.9 Å². The molecule has 2 heterocycles. The number of aromatic nitrogens is 2. The van der Waals surface area contributed by atoms with Gasteiger partial charge in [-0.1, -0.05) is 17.7 Å². The number of nitrogens with zero attached hydrogens (tertiary/aromatic N) is 1. The molecule has 0 aliphatic carbocycles. The maximum Gasteiger partial charge on any atom is 0.260 e. The van der Waals surface area contributed by atoms with Crippen LogP contribution in [0.25, 0.3) is 22.0 Å². The average Bonchev–Trinajstić information content (AvgIpc) is 2.42. The van der Waals surface area contributed by atoms with E-state index in [1.807, 2.05) is 0 Å². The van der Waals surface area contributed by atoms with Crippen LogP contribution < -0.4 is 5.56 Å². The number of aromatic hydroxyl groups is 1. The molecular formula is C14H8ClFN2O2. The Labute approximate surface area is 117 Å². The molecule has 0 aliphatic rings. The molecule has 2 N–H and O–H groups in total. The Morgan fingerprint density at radius 2 is 2.05 bits per heavy atom. The third kappa shape index (κ3) is 1.83. The predicted octanol–water partition coefficient (Wildman–Crippen LogP) is 3.09. The molecule has 4 nitrogen and oxygen atoms in total. The number of hydrogen-bond donors (Lipinski definition) is 2. The highest BCUT2D eigenvalue weighted by atomic mass is 35.5. The second kappa shape index (κ2) is 4.61. The Hall–Kier alpha value is -2.40. The number of aromatic amines is 1. The number of H-pyrrole nitrogens is 1. The molecule has 0 saturated carbocycles. The SMILES string of the molecule is O=c1[nH]c2ccncc2c(O)c1-c1c(F)cccc1Cl. The number of benzene rings is 1. The van der Waals surface area contributed by atoms with Gasteiger partial charge >= 0.3 is 0 Å². The molecule has 3 rings (SSSR count). The molecular weight excluding hydrogens is 283 g/mol. The van der Waals surface area contributed by atoms with Crippen molar-refractivity contribution in [3.63, 3.8) is 0 Å². The van der Waals surface area contributed by atoms with Gasteiger partial charge < -0.3 is 10.1 Å². The third-order valence-corrected chi connectivity index (χ3v) is 3.32. The van der Waals surface area contributed by atoms with Crippen LogP contribution in [0.5, 0.6) is 5.75 Å². The fraction of sp³-hybridized carbons (Fsp3) is 0. The van der Waals surface area contributed by atoms with Gasteiger partial charge in [0.15, 0.2) is 0 Å². The van der Waals surface area contributed by atoms with Gasteiger partial charge in [-0.05, 0) is 18.2 Å². The zero-order chi connectivity index (χ0) is 14.3. The predicted molar refractivity (Wildman–Crippen MR) is 74.4 cm³/mol. The standard InChI is InChI=1S/C14H8ClFN2O2/c15-8-2-1-3-9(16)11(8)12-13(19)7-6-17-5-4-10(7)18-14(12)20/h1-6H,(H2,18,19,20). The van der Waals surface area contributed by atoms with E-state index in [4.69, 9.17) is 11.6 Å². The summed E-state index contributed by atoms with van der Waals surface area (Å²) in [5.41, 5.74) is -0.529. The minimum absolute atomic E-state index is 0.0500. The zero-order valence-corrected chi connectivity index (χ0v) is 10.8. The van der Waals surface area contributed by atoms with Crippen molar-refractivity contribution in [2.24, 2.45) is 0 Å². The van der Waals surface area contributed by atoms with Gasteiger partial charge in [-0.15, -0.1) is 0 Å². The van der Waals surface area contributed by atoms with Crippen molar-refractivity contribution in [2.45, 2.75) is 0 Å². The summed E-state index contributed by atoms with van der Waals surface area (Å²) in [6, 6.07) is 5.60. The van der Waals surface area contributed by atoms with Crippen LogP contribution in [0.4, 0.5) is 4.39 Å². The second-order valence-electron chi connectivity index (χ2n) is 4.20. The van der Waals surface area contributed by atoms with Gasteiger partial charge in [0.1, 0.15) is 11.6 Å². The summed E-state index contributed by atoms with van der Waals surface area (Å²) in [7, 11) is 0. The van der Waals surface area contributed by atoms with Gasteiger partial charge in [0.25, 0.3) is 5.56 Å². The van der Waals surface area contributed by atoms with Crippen molar-refractivity contribution < 1.29 is 9.50 Å². The van der Waals surface area contributed by atoms with Gasteiger partial charge in [0.2, 0.25) is 0 Å². The highest BCUT2D eigenvalue weighted by Gasteiger charge is 2.19. The van der Waals surface area contributed by atoms with Gasteiger partial charge in [0, 0.05) is 18.0 Å². The molecule has 100 valence electrons. The molecule has 1 aromatic carbocycles. The van der Waals surface area contributed by atoms with Crippen LogP contribution in [0.2, 0.25) is 5.02 Å². The van der Waals surface area contributed by atoms with Gasteiger partial charge in [0.05, 0.1) is 21.5 Å². The van der Waals surface area contributed by atoms with Crippen molar-refractivity contribution >= 4 is 22.5 Å². The number of halogens is 2. The van der Waals surface area contributed by atoms with E-state index in [1.54, 1.807) is 6.07 Å². The van der Waals surface area contributed by atoms with Crippen LogP contribution in [0.1, 0.15) is 0 Å². The number of hydrogen-bond acceptors (Lipinski definition) is 3. The molecule has 2 aromatic heterocycles. The number of fused-ring (bicyclic) bond motifs is 1. The molecule has 0 spiro atoms. The molecule has 0 saturated heterocycles. The molecule has 0 atom stereocenters. The van der Waals surface area contributed by atoms with Crippen molar-refractivity contribution in [1.29, 1.82) is 0 Å². The van der Waals surface area contributed by atoms with E-state index in [0.717, 1.165) is 0 Å². The molecule has 0 radical (unpaired) electrons. The Kier molecular flexibility index (Phi) is 2.91. The first-order valence-corrected chi connectivity index (χ1v) is 6.10. The van der Waals surface area contributed by atoms with Crippen molar-refractivity contribution in [1.82, 2.24) is 9.97 Å². The largest absolute Gasteiger partial charge is 0.506 e. The van der Waals surface area contributed by atoms with E-state index < -0.39 is 11.4 Å². The van der Waals surface area contributed by atoms with Gasteiger partial charge in [-0.2, -0.15) is 0 Å². The summed E-state index contributed by atoms with van der Waals surface area (Å²) in [6.45, 7) is 0. The second-order valence-corrected chi connectivity index (χ2v) is 4.60. The summed E-state index contributed by atoms with van der Waals surface area (Å²) in [5.74, 6) is -1.02. The Morgan fingerprint density at radius 1 is 1.25 bits per heavy atom.